The van der Waals surface area contributed by atoms with Crippen LogP contribution in [0.1, 0.15) is 34.1 Å². The fourth-order valence-electron chi connectivity index (χ4n) is 2.13. The average Bonchev–Trinajstić information content (AvgIpc) is 2.80. The van der Waals surface area contributed by atoms with Crippen molar-refractivity contribution in [3.05, 3.63) is 50.1 Å². The minimum absolute atomic E-state index is 0.0684. The third-order valence-electron chi connectivity index (χ3n) is 3.27. The number of aryl methyl sites for hydroxylation is 1. The minimum Gasteiger partial charge on any atom is -0.398 e. The van der Waals surface area contributed by atoms with Gasteiger partial charge in [0.2, 0.25) is 0 Å². The summed E-state index contributed by atoms with van der Waals surface area (Å²) in [6.07, 6.45) is 0.921. The molecule has 1 aromatic heterocycles. The maximum absolute atomic E-state index is 12.7. The van der Waals surface area contributed by atoms with Gasteiger partial charge in [-0.2, -0.15) is 0 Å². The van der Waals surface area contributed by atoms with E-state index in [-0.39, 0.29) is 5.91 Å². The number of para-hydroxylation sites is 1. The summed E-state index contributed by atoms with van der Waals surface area (Å²) in [6, 6.07) is 9.64. The van der Waals surface area contributed by atoms with Gasteiger partial charge in [-0.1, -0.05) is 25.1 Å². The first-order valence-corrected chi connectivity index (χ1v) is 8.52. The molecule has 0 aliphatic rings. The number of benzene rings is 1. The quantitative estimate of drug-likeness (QED) is 0.794. The summed E-state index contributed by atoms with van der Waals surface area (Å²) in [7, 11) is 0. The molecule has 1 heterocycles. The molecule has 1 amide bonds. The van der Waals surface area contributed by atoms with Crippen molar-refractivity contribution in [2.24, 2.45) is 0 Å². The van der Waals surface area contributed by atoms with E-state index in [2.05, 4.69) is 22.9 Å². The van der Waals surface area contributed by atoms with Crippen LogP contribution in [0, 0.1) is 6.92 Å². The second-order valence-electron chi connectivity index (χ2n) is 4.99. The minimum atomic E-state index is 0.0684. The van der Waals surface area contributed by atoms with Gasteiger partial charge in [-0.3, -0.25) is 4.79 Å². The molecular formula is C16H19BrN2OS. The van der Waals surface area contributed by atoms with Crippen LogP contribution in [0.25, 0.3) is 0 Å². The molecular weight excluding hydrogens is 348 g/mol. The predicted octanol–water partition coefficient (Wildman–Crippen LogP) is 4.45. The number of nitrogens with two attached hydrogens (primary N) is 1. The van der Waals surface area contributed by atoms with E-state index in [1.54, 1.807) is 0 Å². The normalized spacial score (nSPS) is 10.6. The number of halogens is 1. The number of carbonyl (C=O) groups is 1. The molecule has 0 radical (unpaired) electrons. The predicted molar refractivity (Wildman–Crippen MR) is 92.6 cm³/mol. The molecule has 0 aliphatic heterocycles. The van der Waals surface area contributed by atoms with Crippen molar-refractivity contribution in [1.82, 2.24) is 4.90 Å². The number of thiophene rings is 1. The van der Waals surface area contributed by atoms with Crippen molar-refractivity contribution in [2.75, 3.05) is 12.3 Å². The molecule has 0 bridgehead atoms. The fraction of sp³-hybridized carbons (Fsp3) is 0.312. The van der Waals surface area contributed by atoms with Crippen LogP contribution in [0.4, 0.5) is 5.69 Å². The highest BCUT2D eigenvalue weighted by atomic mass is 79.9. The van der Waals surface area contributed by atoms with E-state index >= 15 is 0 Å². The van der Waals surface area contributed by atoms with E-state index in [9.17, 15) is 4.79 Å². The molecule has 0 spiro atoms. The lowest BCUT2D eigenvalue weighted by atomic mass is 10.1. The zero-order valence-electron chi connectivity index (χ0n) is 12.2. The van der Waals surface area contributed by atoms with Gasteiger partial charge in [-0.05, 0) is 52.5 Å². The van der Waals surface area contributed by atoms with Gasteiger partial charge >= 0.3 is 0 Å². The van der Waals surface area contributed by atoms with E-state index in [0.717, 1.165) is 38.4 Å². The number of nitrogens with zero attached hydrogens (tertiary/aromatic N) is 1. The summed E-state index contributed by atoms with van der Waals surface area (Å²) in [5.74, 6) is 0.0684. The van der Waals surface area contributed by atoms with Gasteiger partial charge in [0.1, 0.15) is 0 Å². The van der Waals surface area contributed by atoms with Crippen molar-refractivity contribution >= 4 is 38.9 Å². The van der Waals surface area contributed by atoms with Crippen molar-refractivity contribution in [3.8, 4) is 0 Å². The van der Waals surface area contributed by atoms with Crippen molar-refractivity contribution in [2.45, 2.75) is 26.8 Å². The van der Waals surface area contributed by atoms with Crippen LogP contribution in [0.5, 0.6) is 0 Å². The zero-order chi connectivity index (χ0) is 15.4. The third kappa shape index (κ3) is 3.86. The first-order valence-electron chi connectivity index (χ1n) is 6.91. The average molecular weight is 367 g/mol. The second kappa shape index (κ2) is 7.09. The topological polar surface area (TPSA) is 46.3 Å². The lowest BCUT2D eigenvalue weighted by Gasteiger charge is -2.22. The van der Waals surface area contributed by atoms with Crippen molar-refractivity contribution in [3.63, 3.8) is 0 Å². The van der Waals surface area contributed by atoms with Gasteiger partial charge in [-0.15, -0.1) is 11.3 Å². The summed E-state index contributed by atoms with van der Waals surface area (Å²) in [5, 5.41) is 0. The summed E-state index contributed by atoms with van der Waals surface area (Å²) in [6.45, 7) is 5.34. The molecule has 2 rings (SSSR count). The third-order valence-corrected chi connectivity index (χ3v) is 5.39. The van der Waals surface area contributed by atoms with Crippen LogP contribution < -0.4 is 5.73 Å². The smallest absolute Gasteiger partial charge is 0.264 e. The molecule has 0 atom stereocenters. The van der Waals surface area contributed by atoms with E-state index in [0.29, 0.717) is 6.54 Å². The highest BCUT2D eigenvalue weighted by molar-refractivity contribution is 9.11. The Labute approximate surface area is 137 Å². The molecule has 5 heteroatoms. The Bertz CT molecular complexity index is 619. The van der Waals surface area contributed by atoms with E-state index in [1.165, 1.54) is 11.3 Å². The first kappa shape index (κ1) is 16.0. The largest absolute Gasteiger partial charge is 0.398 e. The van der Waals surface area contributed by atoms with Gasteiger partial charge in [0.25, 0.3) is 5.91 Å². The number of carbonyl (C=O) groups excluding carboxylic acids is 1. The Morgan fingerprint density at radius 1 is 1.38 bits per heavy atom. The zero-order valence-corrected chi connectivity index (χ0v) is 14.6. The van der Waals surface area contributed by atoms with Crippen molar-refractivity contribution < 1.29 is 4.79 Å². The number of anilines is 1. The Morgan fingerprint density at radius 2 is 2.10 bits per heavy atom. The molecule has 2 aromatic rings. The highest BCUT2D eigenvalue weighted by Gasteiger charge is 2.19. The van der Waals surface area contributed by atoms with E-state index < -0.39 is 0 Å². The number of rotatable bonds is 5. The van der Waals surface area contributed by atoms with Gasteiger partial charge in [0, 0.05) is 18.8 Å². The Hall–Kier alpha value is -1.33. The lowest BCUT2D eigenvalue weighted by Crippen LogP contribution is -2.31. The van der Waals surface area contributed by atoms with Crippen LogP contribution in [-0.2, 0) is 6.54 Å². The van der Waals surface area contributed by atoms with Gasteiger partial charge in [-0.25, -0.2) is 0 Å². The molecule has 0 unspecified atom stereocenters. The fourth-order valence-corrected chi connectivity index (χ4v) is 3.63. The van der Waals surface area contributed by atoms with Crippen LogP contribution in [0.15, 0.2) is 34.1 Å². The molecule has 3 nitrogen and oxygen atoms in total. The standard InChI is InChI=1S/C16H19BrN2OS/c1-3-8-19(10-12-6-4-5-7-13(12)18)16(20)14-9-11(2)15(17)21-14/h4-7,9H,3,8,10,18H2,1-2H3. The Kier molecular flexibility index (Phi) is 5.42. The Balaban J connectivity index is 2.22. The van der Waals surface area contributed by atoms with Crippen LogP contribution in [0.3, 0.4) is 0 Å². The Morgan fingerprint density at radius 3 is 2.67 bits per heavy atom. The molecule has 0 aliphatic carbocycles. The van der Waals surface area contributed by atoms with Crippen LogP contribution in [0.2, 0.25) is 0 Å². The van der Waals surface area contributed by atoms with Crippen molar-refractivity contribution in [1.29, 1.82) is 0 Å². The molecule has 21 heavy (non-hydrogen) atoms. The van der Waals surface area contributed by atoms with E-state index in [1.807, 2.05) is 42.2 Å². The lowest BCUT2D eigenvalue weighted by molar-refractivity contribution is 0.0748. The second-order valence-corrected chi connectivity index (χ2v) is 7.36. The van der Waals surface area contributed by atoms with E-state index in [4.69, 9.17) is 5.73 Å². The summed E-state index contributed by atoms with van der Waals surface area (Å²) >= 11 is 4.96. The first-order chi connectivity index (χ1) is 10.0. The molecule has 1 aromatic carbocycles. The van der Waals surface area contributed by atoms with Gasteiger partial charge < -0.3 is 10.6 Å². The molecule has 0 saturated heterocycles. The molecule has 112 valence electrons. The molecule has 2 N–H and O–H groups in total. The molecule has 0 saturated carbocycles. The molecule has 0 fully saturated rings. The summed E-state index contributed by atoms with van der Waals surface area (Å²) < 4.78 is 1.02. The van der Waals surface area contributed by atoms with Crippen LogP contribution >= 0.6 is 27.3 Å². The summed E-state index contributed by atoms with van der Waals surface area (Å²) in [4.78, 5) is 15.3. The maximum Gasteiger partial charge on any atom is 0.264 e. The van der Waals surface area contributed by atoms with Crippen LogP contribution in [-0.4, -0.2) is 17.4 Å². The number of hydrogen-bond donors (Lipinski definition) is 1. The van der Waals surface area contributed by atoms with Gasteiger partial charge in [0.15, 0.2) is 0 Å². The highest BCUT2D eigenvalue weighted by Crippen LogP contribution is 2.28. The number of amides is 1. The number of hydrogen-bond acceptors (Lipinski definition) is 3. The van der Waals surface area contributed by atoms with Gasteiger partial charge in [0.05, 0.1) is 8.66 Å². The summed E-state index contributed by atoms with van der Waals surface area (Å²) in [5.41, 5.74) is 8.81. The number of nitrogen functional groups attached to an aromatic ring is 1. The SMILES string of the molecule is CCCN(Cc1ccccc1N)C(=O)c1cc(C)c(Br)s1. The monoisotopic (exact) mass is 366 g/mol. The maximum atomic E-state index is 12.7.